The van der Waals surface area contributed by atoms with Gasteiger partial charge in [0, 0.05) is 34.4 Å². The SMILES string of the molecule is CC1CCN(c2ncccc2C(=O)NS(=O)(=O)c2cccc(Oc3cc(Cl)cc(Cl)c3)n2)C1(C)C. The van der Waals surface area contributed by atoms with E-state index in [2.05, 4.69) is 35.5 Å². The van der Waals surface area contributed by atoms with Crippen molar-refractivity contribution < 1.29 is 17.9 Å². The quantitative estimate of drug-likeness (QED) is 0.456. The Kier molecular flexibility index (Phi) is 6.95. The van der Waals surface area contributed by atoms with Crippen molar-refractivity contribution in [2.45, 2.75) is 37.8 Å². The molecule has 0 aliphatic carbocycles. The zero-order chi connectivity index (χ0) is 25.4. The molecule has 1 fully saturated rings. The summed E-state index contributed by atoms with van der Waals surface area (Å²) in [5, 5.41) is 0.329. The molecule has 1 aromatic carbocycles. The molecule has 1 aliphatic rings. The molecule has 8 nitrogen and oxygen atoms in total. The molecule has 1 aliphatic heterocycles. The van der Waals surface area contributed by atoms with Crippen LogP contribution in [0, 0.1) is 5.92 Å². The highest BCUT2D eigenvalue weighted by Gasteiger charge is 2.40. The number of anilines is 1. The molecule has 3 aromatic rings. The third-order valence-corrected chi connectivity index (χ3v) is 7.90. The Hall–Kier alpha value is -2.88. The van der Waals surface area contributed by atoms with E-state index in [4.69, 9.17) is 27.9 Å². The number of hydrogen-bond donors (Lipinski definition) is 1. The van der Waals surface area contributed by atoms with Gasteiger partial charge < -0.3 is 9.64 Å². The first-order valence-corrected chi connectivity index (χ1v) is 13.1. The third kappa shape index (κ3) is 5.37. The van der Waals surface area contributed by atoms with Crippen LogP contribution in [0.4, 0.5) is 5.82 Å². The Morgan fingerprint density at radius 2 is 1.86 bits per heavy atom. The van der Waals surface area contributed by atoms with Crippen LogP contribution in [0.25, 0.3) is 0 Å². The number of pyridine rings is 2. The number of nitrogens with zero attached hydrogens (tertiary/aromatic N) is 3. The number of benzene rings is 1. The van der Waals surface area contributed by atoms with Gasteiger partial charge in [0.1, 0.15) is 11.6 Å². The molecule has 0 spiro atoms. The molecule has 1 amide bonds. The summed E-state index contributed by atoms with van der Waals surface area (Å²) < 4.78 is 33.7. The van der Waals surface area contributed by atoms with Crippen molar-refractivity contribution in [3.63, 3.8) is 0 Å². The molecule has 0 bridgehead atoms. The highest BCUT2D eigenvalue weighted by molar-refractivity contribution is 7.90. The summed E-state index contributed by atoms with van der Waals surface area (Å²) >= 11 is 12.0. The summed E-state index contributed by atoms with van der Waals surface area (Å²) in [6.07, 6.45) is 2.53. The van der Waals surface area contributed by atoms with Crippen LogP contribution in [0.15, 0.2) is 59.8 Å². The van der Waals surface area contributed by atoms with Crippen LogP contribution in [0.3, 0.4) is 0 Å². The predicted molar refractivity (Wildman–Crippen MR) is 135 cm³/mol. The zero-order valence-corrected chi connectivity index (χ0v) is 21.7. The number of sulfonamides is 1. The fraction of sp³-hybridized carbons (Fsp3) is 0.292. The minimum Gasteiger partial charge on any atom is -0.439 e. The molecule has 1 N–H and O–H groups in total. The molecule has 1 unspecified atom stereocenters. The van der Waals surface area contributed by atoms with Gasteiger partial charge in [0.2, 0.25) is 5.88 Å². The Bertz CT molecular complexity index is 1360. The molecule has 184 valence electrons. The fourth-order valence-corrected chi connectivity index (χ4v) is 5.37. The van der Waals surface area contributed by atoms with Crippen molar-refractivity contribution in [1.29, 1.82) is 0 Å². The van der Waals surface area contributed by atoms with Crippen molar-refractivity contribution in [1.82, 2.24) is 14.7 Å². The molecule has 0 saturated carbocycles. The van der Waals surface area contributed by atoms with E-state index in [0.717, 1.165) is 6.42 Å². The van der Waals surface area contributed by atoms with E-state index < -0.39 is 15.9 Å². The largest absolute Gasteiger partial charge is 0.439 e. The Balaban J connectivity index is 1.58. The highest BCUT2D eigenvalue weighted by atomic mass is 35.5. The molecular formula is C24H24Cl2N4O4S. The molecule has 1 saturated heterocycles. The number of amides is 1. The summed E-state index contributed by atoms with van der Waals surface area (Å²) in [6.45, 7) is 7.03. The van der Waals surface area contributed by atoms with E-state index in [0.29, 0.717) is 28.3 Å². The van der Waals surface area contributed by atoms with Crippen molar-refractivity contribution in [2.75, 3.05) is 11.4 Å². The first kappa shape index (κ1) is 25.2. The number of aromatic nitrogens is 2. The summed E-state index contributed by atoms with van der Waals surface area (Å²) in [4.78, 5) is 23.6. The number of ether oxygens (including phenoxy) is 1. The van der Waals surface area contributed by atoms with Gasteiger partial charge in [-0.3, -0.25) is 4.79 Å². The average molecular weight is 535 g/mol. The summed E-state index contributed by atoms with van der Waals surface area (Å²) in [5.41, 5.74) is -0.0714. The minimum absolute atomic E-state index is 0.00599. The van der Waals surface area contributed by atoms with Crippen LogP contribution in [0.5, 0.6) is 11.6 Å². The van der Waals surface area contributed by atoms with Crippen molar-refractivity contribution >= 4 is 45.0 Å². The molecular weight excluding hydrogens is 511 g/mol. The average Bonchev–Trinajstić information content (AvgIpc) is 3.05. The standard InChI is InChI=1S/C24H24Cl2N4O4S/c1-15-9-11-30(24(15,2)3)22-19(6-5-10-27-22)23(31)29-35(32,33)21-8-4-7-20(28-21)34-18-13-16(25)12-17(26)14-18/h4-8,10,12-15H,9,11H2,1-3H3,(H,29,31). The molecule has 0 radical (unpaired) electrons. The smallest absolute Gasteiger partial charge is 0.281 e. The monoisotopic (exact) mass is 534 g/mol. The fourth-order valence-electron chi connectivity index (χ4n) is 3.94. The number of carbonyl (C=O) groups excluding carboxylic acids is 1. The second-order valence-corrected chi connectivity index (χ2v) is 11.3. The maximum atomic E-state index is 13.1. The van der Waals surface area contributed by atoms with Crippen LogP contribution in [-0.4, -0.2) is 36.4 Å². The molecule has 35 heavy (non-hydrogen) atoms. The lowest BCUT2D eigenvalue weighted by atomic mass is 9.90. The molecule has 2 aromatic heterocycles. The van der Waals surface area contributed by atoms with Crippen molar-refractivity contribution in [3.8, 4) is 11.6 Å². The Labute approximate surface area is 214 Å². The van der Waals surface area contributed by atoms with Gasteiger partial charge in [-0.1, -0.05) is 36.2 Å². The molecule has 1 atom stereocenters. The van der Waals surface area contributed by atoms with Gasteiger partial charge in [-0.05, 0) is 62.6 Å². The lowest BCUT2D eigenvalue weighted by molar-refractivity contribution is 0.0981. The van der Waals surface area contributed by atoms with E-state index >= 15 is 0 Å². The maximum absolute atomic E-state index is 13.1. The summed E-state index contributed by atoms with van der Waals surface area (Å²) in [6, 6.07) is 11.9. The van der Waals surface area contributed by atoms with Crippen LogP contribution in [0.1, 0.15) is 37.6 Å². The lowest BCUT2D eigenvalue weighted by Gasteiger charge is -2.36. The van der Waals surface area contributed by atoms with Crippen molar-refractivity contribution in [2.24, 2.45) is 5.92 Å². The third-order valence-electron chi connectivity index (χ3n) is 6.23. The number of halogens is 2. The minimum atomic E-state index is -4.31. The Morgan fingerprint density at radius 1 is 1.14 bits per heavy atom. The number of carbonyl (C=O) groups is 1. The molecule has 4 rings (SSSR count). The topological polar surface area (TPSA) is 101 Å². The normalized spacial score (nSPS) is 17.3. The van der Waals surface area contributed by atoms with Crippen molar-refractivity contribution in [3.05, 3.63) is 70.3 Å². The Morgan fingerprint density at radius 3 is 2.51 bits per heavy atom. The first-order chi connectivity index (χ1) is 16.5. The maximum Gasteiger partial charge on any atom is 0.281 e. The van der Waals surface area contributed by atoms with Crippen LogP contribution in [-0.2, 0) is 10.0 Å². The predicted octanol–water partition coefficient (Wildman–Crippen LogP) is 5.32. The van der Waals surface area contributed by atoms with Gasteiger partial charge in [0.15, 0.2) is 5.03 Å². The van der Waals surface area contributed by atoms with Gasteiger partial charge in [-0.2, -0.15) is 13.4 Å². The summed E-state index contributed by atoms with van der Waals surface area (Å²) in [5.74, 6) is 0.311. The number of hydrogen-bond acceptors (Lipinski definition) is 7. The van der Waals surface area contributed by atoms with Crippen LogP contribution < -0.4 is 14.4 Å². The zero-order valence-electron chi connectivity index (χ0n) is 19.3. The van der Waals surface area contributed by atoms with Crippen LogP contribution >= 0.6 is 23.2 Å². The molecule has 3 heterocycles. The van der Waals surface area contributed by atoms with E-state index in [1.54, 1.807) is 18.3 Å². The van der Waals surface area contributed by atoms with Gasteiger partial charge in [0.05, 0.1) is 5.56 Å². The van der Waals surface area contributed by atoms with E-state index in [1.165, 1.54) is 36.4 Å². The van der Waals surface area contributed by atoms with Gasteiger partial charge >= 0.3 is 0 Å². The second-order valence-electron chi connectivity index (χ2n) is 8.83. The van der Waals surface area contributed by atoms with Gasteiger partial charge in [-0.25, -0.2) is 9.71 Å². The second kappa shape index (κ2) is 9.64. The molecule has 11 heteroatoms. The van der Waals surface area contributed by atoms with E-state index in [9.17, 15) is 13.2 Å². The van der Waals surface area contributed by atoms with E-state index in [-0.39, 0.29) is 27.8 Å². The summed E-state index contributed by atoms with van der Waals surface area (Å²) in [7, 11) is -4.31. The van der Waals surface area contributed by atoms with Gasteiger partial charge in [0.25, 0.3) is 15.9 Å². The number of rotatable bonds is 6. The van der Waals surface area contributed by atoms with Crippen LogP contribution in [0.2, 0.25) is 10.0 Å². The lowest BCUT2D eigenvalue weighted by Crippen LogP contribution is -2.43. The van der Waals surface area contributed by atoms with E-state index in [1.807, 2.05) is 4.90 Å². The number of nitrogens with one attached hydrogen (secondary N) is 1. The highest BCUT2D eigenvalue weighted by Crippen LogP contribution is 2.38. The first-order valence-electron chi connectivity index (χ1n) is 10.9. The van der Waals surface area contributed by atoms with Gasteiger partial charge in [-0.15, -0.1) is 0 Å².